The molecule has 0 aliphatic rings. The van der Waals surface area contributed by atoms with E-state index in [0.717, 1.165) is 11.1 Å². The average Bonchev–Trinajstić information content (AvgIpc) is 2.85. The van der Waals surface area contributed by atoms with Crippen molar-refractivity contribution in [3.05, 3.63) is 89.5 Å². The molecule has 3 N–H and O–H groups in total. The zero-order valence-electron chi connectivity index (χ0n) is 19.5. The highest BCUT2D eigenvalue weighted by Crippen LogP contribution is 2.25. The first-order valence-electron chi connectivity index (χ1n) is 10.7. The van der Waals surface area contributed by atoms with Gasteiger partial charge in [0.2, 0.25) is 5.91 Å². The third-order valence-electron chi connectivity index (χ3n) is 5.27. The van der Waals surface area contributed by atoms with Crippen LogP contribution in [-0.4, -0.2) is 50.8 Å². The normalized spacial score (nSPS) is 12.4. The van der Waals surface area contributed by atoms with E-state index >= 15 is 0 Å². The Morgan fingerprint density at radius 1 is 0.943 bits per heavy atom. The molecule has 2 unspecified atom stereocenters. The summed E-state index contributed by atoms with van der Waals surface area (Å²) in [7, 11) is 3.21. The molecule has 35 heavy (non-hydrogen) atoms. The molecule has 2 atom stereocenters. The maximum atomic E-state index is 13.0. The number of benzene rings is 3. The molecule has 0 aliphatic carbocycles. The van der Waals surface area contributed by atoms with Crippen LogP contribution in [0.1, 0.15) is 21.5 Å². The van der Waals surface area contributed by atoms with Crippen LogP contribution in [0.2, 0.25) is 0 Å². The van der Waals surface area contributed by atoms with E-state index in [1.54, 1.807) is 68.1 Å². The lowest BCUT2D eigenvalue weighted by molar-refractivity contribution is -0.129. The summed E-state index contributed by atoms with van der Waals surface area (Å²) in [5.41, 5.74) is 4.09. The third kappa shape index (κ3) is 6.66. The molecule has 3 aromatic rings. The van der Waals surface area contributed by atoms with Crippen molar-refractivity contribution in [2.45, 2.75) is 19.4 Å². The predicted octanol–water partition coefficient (Wildman–Crippen LogP) is 3.55. The summed E-state index contributed by atoms with van der Waals surface area (Å²) >= 11 is -2.42. The summed E-state index contributed by atoms with van der Waals surface area (Å²) in [6, 6.07) is 19.4. The van der Waals surface area contributed by atoms with Crippen molar-refractivity contribution in [3.8, 4) is 11.5 Å². The van der Waals surface area contributed by atoms with Gasteiger partial charge in [0.15, 0.2) is 0 Å². The van der Waals surface area contributed by atoms with Gasteiger partial charge in [-0.05, 0) is 61.0 Å². The highest BCUT2D eigenvalue weighted by molar-refractivity contribution is 7.80. The lowest BCUT2D eigenvalue weighted by Crippen LogP contribution is -2.48. The van der Waals surface area contributed by atoms with E-state index in [4.69, 9.17) is 9.94 Å². The number of hydrogen-bond acceptors (Lipinski definition) is 5. The maximum absolute atomic E-state index is 13.0. The molecule has 10 heteroatoms. The van der Waals surface area contributed by atoms with Crippen molar-refractivity contribution < 1.29 is 28.3 Å². The fourth-order valence-corrected chi connectivity index (χ4v) is 4.12. The van der Waals surface area contributed by atoms with Crippen molar-refractivity contribution >= 4 is 28.8 Å². The topological polar surface area (TPSA) is 119 Å². The third-order valence-corrected chi connectivity index (χ3v) is 6.07. The molecule has 0 aromatic heterocycles. The molecule has 0 bridgehead atoms. The van der Waals surface area contributed by atoms with Crippen LogP contribution in [0.15, 0.2) is 72.8 Å². The number of carbonyl (C=O) groups excluding carboxylic acids is 2. The van der Waals surface area contributed by atoms with Crippen LogP contribution >= 0.6 is 0 Å². The molecule has 3 rings (SSSR count). The van der Waals surface area contributed by atoms with Crippen LogP contribution in [0.4, 0.5) is 5.69 Å². The lowest BCUT2D eigenvalue weighted by Gasteiger charge is -2.31. The molecular weight excluding hydrogens is 470 g/mol. The van der Waals surface area contributed by atoms with Crippen LogP contribution in [0.3, 0.4) is 0 Å². The van der Waals surface area contributed by atoms with Crippen molar-refractivity contribution in [1.29, 1.82) is 0 Å². The number of amides is 2. The van der Waals surface area contributed by atoms with Crippen LogP contribution in [0.5, 0.6) is 11.5 Å². The second kappa shape index (κ2) is 11.6. The van der Waals surface area contributed by atoms with E-state index in [2.05, 4.69) is 0 Å². The van der Waals surface area contributed by atoms with Gasteiger partial charge in [0.1, 0.15) is 17.5 Å². The molecule has 184 valence electrons. The van der Waals surface area contributed by atoms with Crippen LogP contribution in [0.25, 0.3) is 0 Å². The molecule has 3 aromatic carbocycles. The minimum absolute atomic E-state index is 0.197. The van der Waals surface area contributed by atoms with E-state index in [1.165, 1.54) is 21.3 Å². The zero-order chi connectivity index (χ0) is 25.5. The maximum Gasteiger partial charge on any atom is 0.274 e. The fraction of sp³-hybridized carbons (Fsp3) is 0.200. The summed E-state index contributed by atoms with van der Waals surface area (Å²) in [4.78, 5) is 25.8. The van der Waals surface area contributed by atoms with Gasteiger partial charge >= 0.3 is 0 Å². The van der Waals surface area contributed by atoms with Gasteiger partial charge in [-0.25, -0.2) is 9.69 Å². The summed E-state index contributed by atoms with van der Waals surface area (Å²) in [6.45, 7) is 1.91. The average molecular weight is 498 g/mol. The monoisotopic (exact) mass is 497 g/mol. The second-order valence-electron chi connectivity index (χ2n) is 8.06. The molecule has 0 heterocycles. The Balaban J connectivity index is 1.80. The molecule has 0 spiro atoms. The number of aryl methyl sites for hydroxylation is 1. The quantitative estimate of drug-likeness (QED) is 0.236. The number of anilines is 1. The SMILES string of the molecule is Cc1ccc(N(C(Cc2ccc(Oc3ccc(C(=O)NO)cc3)cc2)C(=O)N(C)C)S(=O)O)cc1. The Morgan fingerprint density at radius 3 is 1.97 bits per heavy atom. The van der Waals surface area contributed by atoms with Crippen LogP contribution in [0, 0.1) is 6.92 Å². The highest BCUT2D eigenvalue weighted by Gasteiger charge is 2.31. The lowest BCUT2D eigenvalue weighted by atomic mass is 10.0. The summed E-state index contributed by atoms with van der Waals surface area (Å²) < 4.78 is 29.3. The van der Waals surface area contributed by atoms with E-state index in [0.29, 0.717) is 17.2 Å². The van der Waals surface area contributed by atoms with E-state index < -0.39 is 23.2 Å². The Morgan fingerprint density at radius 2 is 1.49 bits per heavy atom. The minimum atomic E-state index is -2.42. The summed E-state index contributed by atoms with van der Waals surface area (Å²) in [6.07, 6.45) is 0.197. The Kier molecular flexibility index (Phi) is 8.58. The number of carbonyl (C=O) groups is 2. The van der Waals surface area contributed by atoms with Gasteiger partial charge in [0, 0.05) is 26.1 Å². The molecule has 0 saturated heterocycles. The zero-order valence-corrected chi connectivity index (χ0v) is 20.4. The molecule has 0 fully saturated rings. The van der Waals surface area contributed by atoms with E-state index in [1.807, 2.05) is 19.1 Å². The first-order chi connectivity index (χ1) is 16.7. The van der Waals surface area contributed by atoms with Gasteiger partial charge in [0.05, 0.1) is 5.69 Å². The number of likely N-dealkylation sites (N-methyl/N-ethyl adjacent to an activating group) is 1. The van der Waals surface area contributed by atoms with Gasteiger partial charge in [-0.15, -0.1) is 0 Å². The van der Waals surface area contributed by atoms with Crippen molar-refractivity contribution in [1.82, 2.24) is 10.4 Å². The number of rotatable bonds is 9. The number of ether oxygens (including phenoxy) is 1. The number of hydroxylamine groups is 1. The van der Waals surface area contributed by atoms with Gasteiger partial charge in [-0.3, -0.25) is 23.7 Å². The fourth-order valence-electron chi connectivity index (χ4n) is 3.43. The van der Waals surface area contributed by atoms with Gasteiger partial charge in [0.25, 0.3) is 17.2 Å². The van der Waals surface area contributed by atoms with Crippen molar-refractivity contribution in [2.24, 2.45) is 0 Å². The second-order valence-corrected chi connectivity index (χ2v) is 8.91. The largest absolute Gasteiger partial charge is 0.457 e. The number of hydrogen-bond donors (Lipinski definition) is 3. The van der Waals surface area contributed by atoms with Gasteiger partial charge in [-0.1, -0.05) is 29.8 Å². The smallest absolute Gasteiger partial charge is 0.274 e. The predicted molar refractivity (Wildman–Crippen MR) is 133 cm³/mol. The molecular formula is C25H27N3O6S. The first-order valence-corrected chi connectivity index (χ1v) is 11.7. The number of nitrogens with zero attached hydrogens (tertiary/aromatic N) is 2. The Labute approximate surface area is 206 Å². The van der Waals surface area contributed by atoms with Crippen molar-refractivity contribution in [3.63, 3.8) is 0 Å². The van der Waals surface area contributed by atoms with E-state index in [-0.39, 0.29) is 17.9 Å². The number of nitrogens with one attached hydrogen (secondary N) is 1. The molecule has 0 radical (unpaired) electrons. The van der Waals surface area contributed by atoms with Crippen LogP contribution in [-0.2, 0) is 22.5 Å². The Hall–Kier alpha value is -3.73. The first kappa shape index (κ1) is 25.9. The van der Waals surface area contributed by atoms with Crippen LogP contribution < -0.4 is 14.5 Å². The van der Waals surface area contributed by atoms with Crippen molar-refractivity contribution in [2.75, 3.05) is 18.4 Å². The Bertz CT molecular complexity index is 1180. The highest BCUT2D eigenvalue weighted by atomic mass is 32.2. The minimum Gasteiger partial charge on any atom is -0.457 e. The molecule has 9 nitrogen and oxygen atoms in total. The summed E-state index contributed by atoms with van der Waals surface area (Å²) in [5.74, 6) is 0.102. The molecule has 0 aliphatic heterocycles. The molecule has 2 amide bonds. The van der Waals surface area contributed by atoms with Gasteiger partial charge in [-0.2, -0.15) is 0 Å². The summed E-state index contributed by atoms with van der Waals surface area (Å²) in [5, 5.41) is 8.70. The molecule has 0 saturated carbocycles. The van der Waals surface area contributed by atoms with Gasteiger partial charge < -0.3 is 9.64 Å². The standard InChI is InChI=1S/C25H27N3O6S/c1-17-4-10-20(11-5-17)28(35(32)33)23(25(30)27(2)3)16-18-6-12-21(13-7-18)34-22-14-8-19(9-15-22)24(29)26-31/h4-15,23,31H,16H2,1-3H3,(H,26,29)(H,32,33). The van der Waals surface area contributed by atoms with E-state index in [9.17, 15) is 18.4 Å².